The third-order valence-corrected chi connectivity index (χ3v) is 5.49. The highest BCUT2D eigenvalue weighted by Crippen LogP contribution is 2.45. The monoisotopic (exact) mass is 389 g/mol. The molecule has 1 aliphatic rings. The Morgan fingerprint density at radius 2 is 1.88 bits per heavy atom. The zero-order chi connectivity index (χ0) is 19.9. The minimum Gasteiger partial charge on any atom is -0.547 e. The number of carbonyl (C=O) groups is 1. The second-order valence-electron chi connectivity index (χ2n) is 7.67. The van der Waals surface area contributed by atoms with Crippen LogP contribution >= 0.6 is 11.3 Å². The van der Waals surface area contributed by atoms with Crippen molar-refractivity contribution in [2.45, 2.75) is 71.8 Å². The molecular formula is C19H24F3O3S-. The summed E-state index contributed by atoms with van der Waals surface area (Å²) in [4.78, 5) is 13.4. The molecule has 0 amide bonds. The molecule has 0 aliphatic heterocycles. The van der Waals surface area contributed by atoms with Crippen LogP contribution in [0.1, 0.15) is 67.0 Å². The van der Waals surface area contributed by atoms with Crippen molar-refractivity contribution in [3.8, 4) is 0 Å². The molecule has 0 bridgehead atoms. The topological polar surface area (TPSA) is 49.4 Å². The van der Waals surface area contributed by atoms with Crippen LogP contribution < -0.4 is 5.11 Å². The number of allylic oxidation sites excluding steroid dienone is 2. The Labute approximate surface area is 155 Å². The van der Waals surface area contributed by atoms with Crippen LogP contribution in [0.2, 0.25) is 0 Å². The Balaban J connectivity index is 2.45. The van der Waals surface area contributed by atoms with Crippen LogP contribution in [0.4, 0.5) is 13.2 Å². The van der Waals surface area contributed by atoms with Crippen molar-refractivity contribution in [2.75, 3.05) is 0 Å². The first kappa shape index (κ1) is 21.0. The Morgan fingerprint density at radius 3 is 2.31 bits per heavy atom. The highest BCUT2D eigenvalue weighted by molar-refractivity contribution is 7.12. The summed E-state index contributed by atoms with van der Waals surface area (Å²) in [5, 5.41) is 11.8. The molecule has 0 aromatic carbocycles. The predicted molar refractivity (Wildman–Crippen MR) is 93.8 cm³/mol. The van der Waals surface area contributed by atoms with E-state index in [1.165, 1.54) is 11.3 Å². The van der Waals surface area contributed by atoms with Crippen LogP contribution in [0, 0.1) is 19.8 Å². The Kier molecular flexibility index (Phi) is 5.93. The Bertz CT molecular complexity index is 711. The molecule has 3 nitrogen and oxygen atoms in total. The number of hydrogen-bond acceptors (Lipinski definition) is 4. The standard InChI is InChI=1S/C19H25F3O3S/c1-10-14(12-6-8-13(9-7-12)19(20,21)22)15(11(2)26-10)16(17(23)24)25-18(3,4)5/h6,13,16H,7-9H2,1-5H3,(H,23,24)/p-1. The molecular weight excluding hydrogens is 365 g/mol. The maximum Gasteiger partial charge on any atom is 0.392 e. The first-order chi connectivity index (χ1) is 11.8. The molecule has 0 saturated carbocycles. The minimum atomic E-state index is -4.20. The Hall–Kier alpha value is -1.34. The fraction of sp³-hybridized carbons (Fsp3) is 0.632. The number of carboxylic acids is 1. The molecule has 0 saturated heterocycles. The number of ether oxygens (including phenoxy) is 1. The fourth-order valence-electron chi connectivity index (χ4n) is 3.35. The summed E-state index contributed by atoms with van der Waals surface area (Å²) in [5.41, 5.74) is 1.30. The van der Waals surface area contributed by atoms with E-state index < -0.39 is 29.8 Å². The van der Waals surface area contributed by atoms with E-state index in [9.17, 15) is 23.1 Å². The molecule has 2 rings (SSSR count). The van der Waals surface area contributed by atoms with Gasteiger partial charge in [0.15, 0.2) is 0 Å². The summed E-state index contributed by atoms with van der Waals surface area (Å²) in [6, 6.07) is 0. The molecule has 26 heavy (non-hydrogen) atoms. The van der Waals surface area contributed by atoms with E-state index in [0.29, 0.717) is 11.1 Å². The SMILES string of the molecule is Cc1sc(C)c(C(OC(C)(C)C)C(=O)[O-])c1C1=CCC(C(F)(F)F)CC1. The molecule has 0 spiro atoms. The lowest BCUT2D eigenvalue weighted by Gasteiger charge is -2.30. The first-order valence-corrected chi connectivity index (χ1v) is 9.37. The van der Waals surface area contributed by atoms with E-state index in [2.05, 4.69) is 0 Å². The predicted octanol–water partition coefficient (Wildman–Crippen LogP) is 4.72. The van der Waals surface area contributed by atoms with Gasteiger partial charge in [-0.2, -0.15) is 13.2 Å². The van der Waals surface area contributed by atoms with Crippen LogP contribution in [0.15, 0.2) is 6.08 Å². The van der Waals surface area contributed by atoms with Gasteiger partial charge in [-0.1, -0.05) is 6.08 Å². The van der Waals surface area contributed by atoms with Gasteiger partial charge in [0, 0.05) is 15.3 Å². The summed E-state index contributed by atoms with van der Waals surface area (Å²) < 4.78 is 44.5. The van der Waals surface area contributed by atoms with Gasteiger partial charge < -0.3 is 14.6 Å². The minimum absolute atomic E-state index is 0.0131. The molecule has 146 valence electrons. The maximum atomic E-state index is 12.9. The lowest BCUT2D eigenvalue weighted by atomic mass is 9.84. The molecule has 7 heteroatoms. The molecule has 1 aromatic rings. The molecule has 0 N–H and O–H groups in total. The summed E-state index contributed by atoms with van der Waals surface area (Å²) in [6.07, 6.45) is -3.65. The summed E-state index contributed by atoms with van der Waals surface area (Å²) in [5.74, 6) is -2.68. The van der Waals surface area contributed by atoms with Crippen LogP contribution in [0.25, 0.3) is 5.57 Å². The number of alkyl halides is 3. The van der Waals surface area contributed by atoms with Crippen LogP contribution in [0.5, 0.6) is 0 Å². The largest absolute Gasteiger partial charge is 0.547 e. The van der Waals surface area contributed by atoms with Crippen molar-refractivity contribution < 1.29 is 27.8 Å². The number of rotatable bonds is 4. The molecule has 1 aromatic heterocycles. The van der Waals surface area contributed by atoms with Gasteiger partial charge in [-0.3, -0.25) is 0 Å². The van der Waals surface area contributed by atoms with Gasteiger partial charge in [-0.05, 0) is 65.0 Å². The summed E-state index contributed by atoms with van der Waals surface area (Å²) >= 11 is 1.43. The normalized spacial score (nSPS) is 20.0. The smallest absolute Gasteiger partial charge is 0.392 e. The van der Waals surface area contributed by atoms with Crippen molar-refractivity contribution in [2.24, 2.45) is 5.92 Å². The second-order valence-corrected chi connectivity index (χ2v) is 9.10. The highest BCUT2D eigenvalue weighted by atomic mass is 32.1. The molecule has 2 atom stereocenters. The van der Waals surface area contributed by atoms with Crippen LogP contribution in [-0.2, 0) is 9.53 Å². The van der Waals surface area contributed by atoms with E-state index >= 15 is 0 Å². The fourth-order valence-corrected chi connectivity index (χ4v) is 4.47. The lowest BCUT2D eigenvalue weighted by Crippen LogP contribution is -2.36. The number of carbonyl (C=O) groups excluding carboxylic acids is 1. The van der Waals surface area contributed by atoms with E-state index in [1.807, 2.05) is 6.92 Å². The van der Waals surface area contributed by atoms with Crippen molar-refractivity contribution in [1.29, 1.82) is 0 Å². The van der Waals surface area contributed by atoms with Gasteiger partial charge in [0.25, 0.3) is 0 Å². The third kappa shape index (κ3) is 4.68. The van der Waals surface area contributed by atoms with E-state index in [1.54, 1.807) is 33.8 Å². The van der Waals surface area contributed by atoms with E-state index in [0.717, 1.165) is 15.3 Å². The highest BCUT2D eigenvalue weighted by Gasteiger charge is 2.40. The zero-order valence-corrected chi connectivity index (χ0v) is 16.4. The first-order valence-electron chi connectivity index (χ1n) is 8.56. The number of aryl methyl sites for hydroxylation is 2. The van der Waals surface area contributed by atoms with Crippen molar-refractivity contribution in [3.05, 3.63) is 27.0 Å². The average molecular weight is 389 g/mol. The van der Waals surface area contributed by atoms with Gasteiger partial charge in [0.2, 0.25) is 0 Å². The summed E-state index contributed by atoms with van der Waals surface area (Å²) in [7, 11) is 0. The van der Waals surface area contributed by atoms with Gasteiger partial charge in [0.1, 0.15) is 6.10 Å². The number of halogens is 3. The molecule has 1 aliphatic carbocycles. The Morgan fingerprint density at radius 1 is 1.27 bits per heavy atom. The van der Waals surface area contributed by atoms with Gasteiger partial charge in [-0.15, -0.1) is 11.3 Å². The lowest BCUT2D eigenvalue weighted by molar-refractivity contribution is -0.321. The number of carboxylic acid groups (broad SMARTS) is 1. The second kappa shape index (κ2) is 7.35. The summed E-state index contributed by atoms with van der Waals surface area (Å²) in [6.45, 7) is 8.93. The average Bonchev–Trinajstić information content (AvgIpc) is 2.77. The number of thiophene rings is 1. The molecule has 0 fully saturated rings. The maximum absolute atomic E-state index is 12.9. The number of aliphatic carboxylic acids is 1. The quantitative estimate of drug-likeness (QED) is 0.749. The van der Waals surface area contributed by atoms with Gasteiger partial charge in [0.05, 0.1) is 17.5 Å². The van der Waals surface area contributed by atoms with Gasteiger partial charge >= 0.3 is 6.18 Å². The molecule has 0 radical (unpaired) electrons. The van der Waals surface area contributed by atoms with Gasteiger partial charge in [-0.25, -0.2) is 0 Å². The number of hydrogen-bond donors (Lipinski definition) is 0. The van der Waals surface area contributed by atoms with Crippen LogP contribution in [0.3, 0.4) is 0 Å². The van der Waals surface area contributed by atoms with E-state index in [4.69, 9.17) is 4.74 Å². The van der Waals surface area contributed by atoms with Crippen molar-refractivity contribution in [1.82, 2.24) is 0 Å². The zero-order valence-electron chi connectivity index (χ0n) is 15.6. The van der Waals surface area contributed by atoms with Crippen LogP contribution in [-0.4, -0.2) is 17.7 Å². The molecule has 1 heterocycles. The molecule has 2 unspecified atom stereocenters. The van der Waals surface area contributed by atoms with E-state index in [-0.39, 0.29) is 19.3 Å². The van der Waals surface area contributed by atoms with Crippen molar-refractivity contribution in [3.63, 3.8) is 0 Å². The third-order valence-electron chi connectivity index (χ3n) is 4.45. The van der Waals surface area contributed by atoms with Crippen molar-refractivity contribution >= 4 is 22.9 Å².